The Labute approximate surface area is 175 Å². The molecule has 0 spiro atoms. The molecule has 0 aliphatic carbocycles. The van der Waals surface area contributed by atoms with E-state index in [1.54, 1.807) is 4.90 Å². The van der Waals surface area contributed by atoms with Crippen LogP contribution in [0, 0.1) is 0 Å². The van der Waals surface area contributed by atoms with Crippen LogP contribution < -0.4 is 14.8 Å². The van der Waals surface area contributed by atoms with Crippen molar-refractivity contribution in [2.45, 2.75) is 19.4 Å². The van der Waals surface area contributed by atoms with Crippen molar-refractivity contribution in [1.29, 1.82) is 0 Å². The van der Waals surface area contributed by atoms with Gasteiger partial charge in [-0.05, 0) is 42.7 Å². The Morgan fingerprint density at radius 2 is 1.72 bits per heavy atom. The summed E-state index contributed by atoms with van der Waals surface area (Å²) in [5.41, 5.74) is 1.13. The average molecular weight is 415 g/mol. The standard InChI is InChI=1S/C22H26N2O4S/c25-21(14-24-17-29-16-22(24)26)23-12-4-5-13-27-19-8-10-20(11-9-19)28-15-18-6-2-1-3-7-18/h1-3,6-11H,4-5,12-17H2,(H,23,25). The quantitative estimate of drug-likeness (QED) is 0.573. The molecule has 0 unspecified atom stereocenters. The van der Waals surface area contributed by atoms with Crippen LogP contribution in [0.25, 0.3) is 0 Å². The molecule has 0 atom stereocenters. The number of hydrogen-bond donors (Lipinski definition) is 1. The Morgan fingerprint density at radius 1 is 1.00 bits per heavy atom. The van der Waals surface area contributed by atoms with E-state index in [-0.39, 0.29) is 18.4 Å². The third-order valence-corrected chi connectivity index (χ3v) is 5.34. The predicted molar refractivity (Wildman–Crippen MR) is 114 cm³/mol. The van der Waals surface area contributed by atoms with Crippen molar-refractivity contribution in [3.8, 4) is 11.5 Å². The van der Waals surface area contributed by atoms with Gasteiger partial charge in [0.05, 0.1) is 18.2 Å². The molecule has 0 aromatic heterocycles. The molecule has 3 rings (SSSR count). The highest BCUT2D eigenvalue weighted by molar-refractivity contribution is 8.00. The molecule has 0 radical (unpaired) electrons. The molecule has 2 amide bonds. The van der Waals surface area contributed by atoms with Crippen molar-refractivity contribution in [2.24, 2.45) is 0 Å². The fraction of sp³-hybridized carbons (Fsp3) is 0.364. The minimum Gasteiger partial charge on any atom is -0.494 e. The second-order valence-corrected chi connectivity index (χ2v) is 7.68. The molecule has 2 aromatic carbocycles. The first-order valence-electron chi connectivity index (χ1n) is 9.72. The predicted octanol–water partition coefficient (Wildman–Crippen LogP) is 3.07. The van der Waals surface area contributed by atoms with E-state index in [0.717, 1.165) is 29.9 Å². The third-order valence-electron chi connectivity index (χ3n) is 4.39. The van der Waals surface area contributed by atoms with Crippen LogP contribution in [0.4, 0.5) is 0 Å². The molecule has 2 aromatic rings. The van der Waals surface area contributed by atoms with Gasteiger partial charge in [0.1, 0.15) is 24.7 Å². The fourth-order valence-corrected chi connectivity index (χ4v) is 3.69. The Kier molecular flexibility index (Phi) is 8.25. The van der Waals surface area contributed by atoms with Crippen LogP contribution in [0.2, 0.25) is 0 Å². The first-order chi connectivity index (χ1) is 14.2. The van der Waals surface area contributed by atoms with Crippen LogP contribution >= 0.6 is 11.8 Å². The van der Waals surface area contributed by atoms with Gasteiger partial charge < -0.3 is 19.7 Å². The van der Waals surface area contributed by atoms with Crippen molar-refractivity contribution in [3.05, 3.63) is 60.2 Å². The number of nitrogens with one attached hydrogen (secondary N) is 1. The van der Waals surface area contributed by atoms with Gasteiger partial charge in [-0.25, -0.2) is 0 Å². The molecule has 1 heterocycles. The summed E-state index contributed by atoms with van der Waals surface area (Å²) in [6, 6.07) is 17.6. The van der Waals surface area contributed by atoms with Crippen LogP contribution in [-0.2, 0) is 16.2 Å². The highest BCUT2D eigenvalue weighted by Crippen LogP contribution is 2.19. The first kappa shape index (κ1) is 21.0. The van der Waals surface area contributed by atoms with Gasteiger partial charge in [-0.1, -0.05) is 30.3 Å². The van der Waals surface area contributed by atoms with Crippen LogP contribution in [-0.4, -0.2) is 48.0 Å². The number of nitrogens with zero attached hydrogens (tertiary/aromatic N) is 1. The Bertz CT molecular complexity index is 783. The van der Waals surface area contributed by atoms with Gasteiger partial charge in [0.15, 0.2) is 0 Å². The van der Waals surface area contributed by atoms with Crippen molar-refractivity contribution in [2.75, 3.05) is 31.3 Å². The number of hydrogen-bond acceptors (Lipinski definition) is 5. The monoisotopic (exact) mass is 414 g/mol. The van der Waals surface area contributed by atoms with Crippen molar-refractivity contribution in [3.63, 3.8) is 0 Å². The Morgan fingerprint density at radius 3 is 2.41 bits per heavy atom. The van der Waals surface area contributed by atoms with Crippen LogP contribution in [0.3, 0.4) is 0 Å². The molecule has 29 heavy (non-hydrogen) atoms. The summed E-state index contributed by atoms with van der Waals surface area (Å²) in [7, 11) is 0. The lowest BCUT2D eigenvalue weighted by molar-refractivity contribution is -0.132. The number of benzene rings is 2. The van der Waals surface area contributed by atoms with Gasteiger partial charge in [-0.15, -0.1) is 11.8 Å². The van der Waals surface area contributed by atoms with E-state index < -0.39 is 0 Å². The molecule has 0 saturated carbocycles. The Hall–Kier alpha value is -2.67. The van der Waals surface area contributed by atoms with Crippen LogP contribution in [0.5, 0.6) is 11.5 Å². The summed E-state index contributed by atoms with van der Waals surface area (Å²) in [5, 5.41) is 2.85. The molecule has 1 aliphatic heterocycles. The number of carbonyl (C=O) groups is 2. The van der Waals surface area contributed by atoms with E-state index in [1.807, 2.05) is 54.6 Å². The lowest BCUT2D eigenvalue weighted by Gasteiger charge is -2.14. The summed E-state index contributed by atoms with van der Waals surface area (Å²) in [5.74, 6) is 2.62. The molecule has 1 fully saturated rings. The second kappa shape index (κ2) is 11.4. The number of carbonyl (C=O) groups excluding carboxylic acids is 2. The minimum atomic E-state index is -0.104. The molecular formula is C22H26N2O4S. The number of thioether (sulfide) groups is 1. The fourth-order valence-electron chi connectivity index (χ4n) is 2.79. The minimum absolute atomic E-state index is 0.0371. The molecule has 154 valence electrons. The van der Waals surface area contributed by atoms with Crippen LogP contribution in [0.15, 0.2) is 54.6 Å². The zero-order chi connectivity index (χ0) is 20.3. The topological polar surface area (TPSA) is 67.9 Å². The maximum atomic E-state index is 11.8. The summed E-state index contributed by atoms with van der Waals surface area (Å²) in [4.78, 5) is 24.9. The van der Waals surface area contributed by atoms with E-state index in [2.05, 4.69) is 5.32 Å². The van der Waals surface area contributed by atoms with Gasteiger partial charge in [-0.2, -0.15) is 0 Å². The molecule has 0 bridgehead atoms. The lowest BCUT2D eigenvalue weighted by atomic mass is 10.2. The smallest absolute Gasteiger partial charge is 0.239 e. The maximum absolute atomic E-state index is 11.8. The summed E-state index contributed by atoms with van der Waals surface area (Å²) in [6.07, 6.45) is 1.66. The number of ether oxygens (including phenoxy) is 2. The summed E-state index contributed by atoms with van der Waals surface area (Å²) in [6.45, 7) is 1.86. The van der Waals surface area contributed by atoms with E-state index in [9.17, 15) is 9.59 Å². The first-order valence-corrected chi connectivity index (χ1v) is 10.9. The van der Waals surface area contributed by atoms with Gasteiger partial charge in [-0.3, -0.25) is 9.59 Å². The van der Waals surface area contributed by atoms with Gasteiger partial charge in [0.2, 0.25) is 11.8 Å². The lowest BCUT2D eigenvalue weighted by Crippen LogP contribution is -2.38. The molecule has 1 N–H and O–H groups in total. The highest BCUT2D eigenvalue weighted by atomic mass is 32.2. The zero-order valence-corrected chi connectivity index (χ0v) is 17.2. The number of amides is 2. The summed E-state index contributed by atoms with van der Waals surface area (Å²) >= 11 is 1.54. The van der Waals surface area contributed by atoms with Crippen LogP contribution in [0.1, 0.15) is 18.4 Å². The normalized spacial score (nSPS) is 13.4. The number of unbranched alkanes of at least 4 members (excludes halogenated alkanes) is 1. The van der Waals surface area contributed by atoms with Gasteiger partial charge in [0.25, 0.3) is 0 Å². The van der Waals surface area contributed by atoms with E-state index in [4.69, 9.17) is 9.47 Å². The van der Waals surface area contributed by atoms with Gasteiger partial charge in [0, 0.05) is 6.54 Å². The van der Waals surface area contributed by atoms with Crippen molar-refractivity contribution >= 4 is 23.6 Å². The average Bonchev–Trinajstić information content (AvgIpc) is 3.15. The Balaban J connectivity index is 1.25. The molecule has 7 heteroatoms. The molecule has 1 saturated heterocycles. The molecular weight excluding hydrogens is 388 g/mol. The molecule has 6 nitrogen and oxygen atoms in total. The highest BCUT2D eigenvalue weighted by Gasteiger charge is 2.22. The van der Waals surface area contributed by atoms with Crippen molar-refractivity contribution in [1.82, 2.24) is 10.2 Å². The largest absolute Gasteiger partial charge is 0.494 e. The SMILES string of the molecule is O=C(CN1CSCC1=O)NCCCCOc1ccc(OCc2ccccc2)cc1. The van der Waals surface area contributed by atoms with Crippen molar-refractivity contribution < 1.29 is 19.1 Å². The second-order valence-electron chi connectivity index (χ2n) is 6.72. The number of rotatable bonds is 11. The van der Waals surface area contributed by atoms with E-state index >= 15 is 0 Å². The summed E-state index contributed by atoms with van der Waals surface area (Å²) < 4.78 is 11.5. The van der Waals surface area contributed by atoms with E-state index in [0.29, 0.717) is 31.4 Å². The van der Waals surface area contributed by atoms with E-state index in [1.165, 1.54) is 11.8 Å². The maximum Gasteiger partial charge on any atom is 0.239 e. The molecule has 1 aliphatic rings. The third kappa shape index (κ3) is 7.34. The zero-order valence-electron chi connectivity index (χ0n) is 16.3. The van der Waals surface area contributed by atoms with Gasteiger partial charge >= 0.3 is 0 Å².